The zero-order chi connectivity index (χ0) is 14.6. The number of rotatable bonds is 11. The quantitative estimate of drug-likeness (QED) is 0.445. The van der Waals surface area contributed by atoms with Crippen molar-refractivity contribution in [3.8, 4) is 5.75 Å². The molecule has 0 aliphatic carbocycles. The molecule has 0 N–H and O–H groups in total. The smallest absolute Gasteiger partial charge is 0.150 e. The summed E-state index contributed by atoms with van der Waals surface area (Å²) in [7, 11) is 1.63. The van der Waals surface area contributed by atoms with Crippen LogP contribution in [0.15, 0.2) is 18.2 Å². The van der Waals surface area contributed by atoms with E-state index in [1.165, 1.54) is 32.1 Å². The highest BCUT2D eigenvalue weighted by molar-refractivity contribution is 5.75. The number of carbonyl (C=O) groups excluding carboxylic acids is 1. The molecule has 1 rings (SSSR count). The molecule has 1 aromatic rings. The van der Waals surface area contributed by atoms with E-state index >= 15 is 0 Å². The molecule has 0 radical (unpaired) electrons. The summed E-state index contributed by atoms with van der Waals surface area (Å²) in [6.07, 6.45) is 8.40. The van der Waals surface area contributed by atoms with E-state index in [4.69, 9.17) is 9.47 Å². The van der Waals surface area contributed by atoms with Gasteiger partial charge >= 0.3 is 0 Å². The van der Waals surface area contributed by atoms with Crippen LogP contribution in [0.4, 0.5) is 0 Å². The average Bonchev–Trinajstić information content (AvgIpc) is 2.49. The van der Waals surface area contributed by atoms with Gasteiger partial charge in [0.2, 0.25) is 0 Å². The molecule has 0 aliphatic heterocycles. The lowest BCUT2D eigenvalue weighted by Gasteiger charge is -2.10. The van der Waals surface area contributed by atoms with Gasteiger partial charge in [0, 0.05) is 17.7 Å². The number of aldehydes is 1. The predicted octanol–water partition coefficient (Wildman–Crippen LogP) is 4.38. The van der Waals surface area contributed by atoms with Crippen LogP contribution in [-0.4, -0.2) is 20.0 Å². The lowest BCUT2D eigenvalue weighted by atomic mass is 10.1. The van der Waals surface area contributed by atoms with E-state index in [0.29, 0.717) is 12.2 Å². The zero-order valence-electron chi connectivity index (χ0n) is 12.7. The summed E-state index contributed by atoms with van der Waals surface area (Å²) in [6.45, 7) is 3.49. The van der Waals surface area contributed by atoms with Gasteiger partial charge in [0.15, 0.2) is 0 Å². The maximum Gasteiger partial charge on any atom is 0.150 e. The molecule has 0 bridgehead atoms. The van der Waals surface area contributed by atoms with Crippen LogP contribution in [0, 0.1) is 0 Å². The number of benzene rings is 1. The molecular formula is C17H26O3. The summed E-state index contributed by atoms with van der Waals surface area (Å²) in [6, 6.07) is 5.39. The minimum Gasteiger partial charge on any atom is -0.496 e. The molecule has 112 valence electrons. The highest BCUT2D eigenvalue weighted by Crippen LogP contribution is 2.20. The lowest BCUT2D eigenvalue weighted by Crippen LogP contribution is -1.99. The molecule has 0 aliphatic rings. The van der Waals surface area contributed by atoms with Crippen molar-refractivity contribution in [2.24, 2.45) is 0 Å². The standard InChI is InChI=1S/C17H26O3/c1-3-4-5-6-7-8-11-20-14-16-12-15(13-18)9-10-17(16)19-2/h9-10,12-13H,3-8,11,14H2,1-2H3. The largest absolute Gasteiger partial charge is 0.496 e. The van der Waals surface area contributed by atoms with Crippen LogP contribution in [0.1, 0.15) is 61.4 Å². The van der Waals surface area contributed by atoms with Crippen molar-refractivity contribution in [1.29, 1.82) is 0 Å². The Kier molecular flexibility index (Phi) is 8.72. The van der Waals surface area contributed by atoms with E-state index in [0.717, 1.165) is 30.6 Å². The second kappa shape index (κ2) is 10.4. The van der Waals surface area contributed by atoms with Gasteiger partial charge in [-0.2, -0.15) is 0 Å². The van der Waals surface area contributed by atoms with E-state index in [1.54, 1.807) is 13.2 Å². The fourth-order valence-electron chi connectivity index (χ4n) is 2.15. The van der Waals surface area contributed by atoms with Gasteiger partial charge in [0.1, 0.15) is 12.0 Å². The minimum absolute atomic E-state index is 0.500. The van der Waals surface area contributed by atoms with Crippen LogP contribution in [0.25, 0.3) is 0 Å². The lowest BCUT2D eigenvalue weighted by molar-refractivity contribution is 0.111. The number of hydrogen-bond acceptors (Lipinski definition) is 3. The number of hydrogen-bond donors (Lipinski definition) is 0. The van der Waals surface area contributed by atoms with Gasteiger partial charge in [-0.3, -0.25) is 4.79 Å². The average molecular weight is 278 g/mol. The Hall–Kier alpha value is -1.35. The first-order valence-electron chi connectivity index (χ1n) is 7.51. The molecular weight excluding hydrogens is 252 g/mol. The summed E-state index contributed by atoms with van der Waals surface area (Å²) in [5.41, 5.74) is 1.59. The van der Waals surface area contributed by atoms with Gasteiger partial charge < -0.3 is 9.47 Å². The van der Waals surface area contributed by atoms with E-state index in [-0.39, 0.29) is 0 Å². The number of methoxy groups -OCH3 is 1. The van der Waals surface area contributed by atoms with E-state index < -0.39 is 0 Å². The molecule has 0 amide bonds. The van der Waals surface area contributed by atoms with E-state index in [2.05, 4.69) is 6.92 Å². The van der Waals surface area contributed by atoms with Crippen LogP contribution in [0.5, 0.6) is 5.75 Å². The molecule has 0 unspecified atom stereocenters. The molecule has 0 heterocycles. The Labute approximate surface area is 122 Å². The van der Waals surface area contributed by atoms with Crippen LogP contribution in [0.2, 0.25) is 0 Å². The highest BCUT2D eigenvalue weighted by atomic mass is 16.5. The molecule has 0 spiro atoms. The number of ether oxygens (including phenoxy) is 2. The molecule has 0 fully saturated rings. The maximum atomic E-state index is 10.8. The Morgan fingerprint density at radius 2 is 1.85 bits per heavy atom. The van der Waals surface area contributed by atoms with Crippen LogP contribution in [-0.2, 0) is 11.3 Å². The third-order valence-electron chi connectivity index (χ3n) is 3.34. The summed E-state index contributed by atoms with van der Waals surface area (Å²) in [4.78, 5) is 10.8. The molecule has 0 saturated carbocycles. The molecule has 3 nitrogen and oxygen atoms in total. The first-order valence-corrected chi connectivity index (χ1v) is 7.51. The summed E-state index contributed by atoms with van der Waals surface area (Å²) < 4.78 is 10.9. The zero-order valence-corrected chi connectivity index (χ0v) is 12.7. The molecule has 20 heavy (non-hydrogen) atoms. The van der Waals surface area contributed by atoms with Crippen LogP contribution < -0.4 is 4.74 Å². The van der Waals surface area contributed by atoms with Crippen molar-refractivity contribution in [3.63, 3.8) is 0 Å². The summed E-state index contributed by atoms with van der Waals surface area (Å²) in [5, 5.41) is 0. The molecule has 0 saturated heterocycles. The van der Waals surface area contributed by atoms with Crippen molar-refractivity contribution in [2.45, 2.75) is 52.1 Å². The van der Waals surface area contributed by atoms with E-state index in [1.807, 2.05) is 12.1 Å². The van der Waals surface area contributed by atoms with Gasteiger partial charge in [0.25, 0.3) is 0 Å². The van der Waals surface area contributed by atoms with Gasteiger partial charge in [-0.25, -0.2) is 0 Å². The topological polar surface area (TPSA) is 35.5 Å². The van der Waals surface area contributed by atoms with Gasteiger partial charge in [0.05, 0.1) is 13.7 Å². The van der Waals surface area contributed by atoms with Crippen molar-refractivity contribution in [1.82, 2.24) is 0 Å². The number of carbonyl (C=O) groups is 1. The second-order valence-corrected chi connectivity index (χ2v) is 5.01. The molecule has 1 aromatic carbocycles. The molecule has 0 atom stereocenters. The fraction of sp³-hybridized carbons (Fsp3) is 0.588. The predicted molar refractivity (Wildman–Crippen MR) is 81.4 cm³/mol. The van der Waals surface area contributed by atoms with Gasteiger partial charge in [-0.05, 0) is 24.6 Å². The first kappa shape index (κ1) is 16.7. The highest BCUT2D eigenvalue weighted by Gasteiger charge is 2.04. The Bertz CT molecular complexity index is 388. The summed E-state index contributed by atoms with van der Waals surface area (Å²) in [5.74, 6) is 0.776. The maximum absolute atomic E-state index is 10.8. The van der Waals surface area contributed by atoms with Gasteiger partial charge in [-0.15, -0.1) is 0 Å². The number of unbranched alkanes of at least 4 members (excludes halogenated alkanes) is 5. The summed E-state index contributed by atoms with van der Waals surface area (Å²) >= 11 is 0. The van der Waals surface area contributed by atoms with Crippen LogP contribution >= 0.6 is 0 Å². The normalized spacial score (nSPS) is 10.5. The third-order valence-corrected chi connectivity index (χ3v) is 3.34. The van der Waals surface area contributed by atoms with Crippen molar-refractivity contribution < 1.29 is 14.3 Å². The second-order valence-electron chi connectivity index (χ2n) is 5.01. The monoisotopic (exact) mass is 278 g/mol. The fourth-order valence-corrected chi connectivity index (χ4v) is 2.15. The Balaban J connectivity index is 2.25. The van der Waals surface area contributed by atoms with Crippen molar-refractivity contribution in [2.75, 3.05) is 13.7 Å². The third kappa shape index (κ3) is 6.20. The van der Waals surface area contributed by atoms with Crippen LogP contribution in [0.3, 0.4) is 0 Å². The van der Waals surface area contributed by atoms with Gasteiger partial charge in [-0.1, -0.05) is 39.0 Å². The van der Waals surface area contributed by atoms with Crippen molar-refractivity contribution >= 4 is 6.29 Å². The molecule has 0 aromatic heterocycles. The van der Waals surface area contributed by atoms with Crippen molar-refractivity contribution in [3.05, 3.63) is 29.3 Å². The SMILES string of the molecule is CCCCCCCCOCc1cc(C=O)ccc1OC. The first-order chi connectivity index (χ1) is 9.81. The Morgan fingerprint density at radius 3 is 2.55 bits per heavy atom. The van der Waals surface area contributed by atoms with E-state index in [9.17, 15) is 4.79 Å². The Morgan fingerprint density at radius 1 is 1.10 bits per heavy atom. The minimum atomic E-state index is 0.500. The molecule has 3 heteroatoms.